The number of fused-ring (bicyclic) bond motifs is 10. The van der Waals surface area contributed by atoms with Gasteiger partial charge in [0.05, 0.1) is 44.7 Å². The number of benzene rings is 4. The van der Waals surface area contributed by atoms with Crippen molar-refractivity contribution in [3.63, 3.8) is 0 Å². The number of nitriles is 1. The molecule has 0 amide bonds. The molecule has 0 N–H and O–H groups in total. The molecular formula is C28H16N6. The van der Waals surface area contributed by atoms with E-state index in [2.05, 4.69) is 50.5 Å². The predicted molar refractivity (Wildman–Crippen MR) is 133 cm³/mol. The van der Waals surface area contributed by atoms with Gasteiger partial charge in [0.2, 0.25) is 11.6 Å². The highest BCUT2D eigenvalue weighted by molar-refractivity contribution is 6.06. The standard InChI is InChI=1S/C28H16N6/c1-16-10-11-17(15-29)12-19(16)18-13-24-26-25(14-18)33-23-9-5-3-7-21(23)31-28(33)34(26)27-30-20-6-2-4-8-22(20)32(24)27/h2-14H,1H3. The molecule has 4 heterocycles. The van der Waals surface area contributed by atoms with E-state index in [1.807, 2.05) is 54.6 Å². The summed E-state index contributed by atoms with van der Waals surface area (Å²) in [4.78, 5) is 10.0. The van der Waals surface area contributed by atoms with Gasteiger partial charge < -0.3 is 0 Å². The second kappa shape index (κ2) is 5.91. The quantitative estimate of drug-likeness (QED) is 0.318. The first-order chi connectivity index (χ1) is 16.7. The molecule has 6 nitrogen and oxygen atoms in total. The number of imidazole rings is 4. The number of aromatic nitrogens is 5. The Morgan fingerprint density at radius 1 is 0.676 bits per heavy atom. The van der Waals surface area contributed by atoms with Crippen molar-refractivity contribution in [2.24, 2.45) is 0 Å². The Hall–Kier alpha value is -4.89. The summed E-state index contributed by atoms with van der Waals surface area (Å²) in [5.41, 5.74) is 11.2. The fourth-order valence-corrected chi connectivity index (χ4v) is 5.42. The molecule has 158 valence electrons. The molecule has 8 rings (SSSR count). The zero-order valence-electron chi connectivity index (χ0n) is 18.2. The van der Waals surface area contributed by atoms with Gasteiger partial charge in [-0.1, -0.05) is 30.3 Å². The van der Waals surface area contributed by atoms with E-state index in [-0.39, 0.29) is 0 Å². The van der Waals surface area contributed by atoms with E-state index in [0.717, 1.165) is 66.9 Å². The summed E-state index contributed by atoms with van der Waals surface area (Å²) < 4.78 is 6.63. The summed E-state index contributed by atoms with van der Waals surface area (Å²) >= 11 is 0. The van der Waals surface area contributed by atoms with Crippen LogP contribution in [0.25, 0.3) is 61.3 Å². The summed E-state index contributed by atoms with van der Waals surface area (Å²) in [7, 11) is 0. The van der Waals surface area contributed by atoms with E-state index in [4.69, 9.17) is 9.97 Å². The molecule has 0 atom stereocenters. The van der Waals surface area contributed by atoms with Crippen LogP contribution in [0.5, 0.6) is 0 Å². The Bertz CT molecular complexity index is 2030. The van der Waals surface area contributed by atoms with E-state index in [1.54, 1.807) is 0 Å². The lowest BCUT2D eigenvalue weighted by Crippen LogP contribution is -1.90. The van der Waals surface area contributed by atoms with Crippen molar-refractivity contribution in [2.75, 3.05) is 0 Å². The van der Waals surface area contributed by atoms with Gasteiger partial charge in [-0.15, -0.1) is 0 Å². The van der Waals surface area contributed by atoms with Crippen molar-refractivity contribution in [3.8, 4) is 17.2 Å². The number of nitrogens with zero attached hydrogens (tertiary/aromatic N) is 6. The van der Waals surface area contributed by atoms with Crippen LogP contribution in [0.1, 0.15) is 11.1 Å². The van der Waals surface area contributed by atoms with E-state index < -0.39 is 0 Å². The molecule has 0 bridgehead atoms. The third kappa shape index (κ3) is 2.00. The molecule has 0 fully saturated rings. The molecule has 0 aliphatic carbocycles. The van der Waals surface area contributed by atoms with Crippen LogP contribution >= 0.6 is 0 Å². The first-order valence-corrected chi connectivity index (χ1v) is 11.2. The van der Waals surface area contributed by atoms with Crippen molar-refractivity contribution < 1.29 is 0 Å². The van der Waals surface area contributed by atoms with Crippen LogP contribution in [0.15, 0.2) is 78.9 Å². The number of para-hydroxylation sites is 4. The monoisotopic (exact) mass is 436 g/mol. The van der Waals surface area contributed by atoms with Gasteiger partial charge in [0.1, 0.15) is 5.52 Å². The molecule has 8 aromatic rings. The van der Waals surface area contributed by atoms with Gasteiger partial charge in [-0.3, -0.25) is 8.80 Å². The second-order valence-corrected chi connectivity index (χ2v) is 8.81. The van der Waals surface area contributed by atoms with Crippen LogP contribution in [-0.2, 0) is 0 Å². The van der Waals surface area contributed by atoms with Crippen molar-refractivity contribution in [3.05, 3.63) is 90.0 Å². The van der Waals surface area contributed by atoms with Crippen LogP contribution in [0, 0.1) is 18.3 Å². The zero-order valence-corrected chi connectivity index (χ0v) is 18.2. The first-order valence-electron chi connectivity index (χ1n) is 11.2. The van der Waals surface area contributed by atoms with Gasteiger partial charge in [-0.05, 0) is 72.1 Å². The Morgan fingerprint density at radius 3 is 1.85 bits per heavy atom. The maximum Gasteiger partial charge on any atom is 0.223 e. The molecule has 0 spiro atoms. The minimum atomic E-state index is 0.654. The van der Waals surface area contributed by atoms with Gasteiger partial charge in [0.25, 0.3) is 0 Å². The summed E-state index contributed by atoms with van der Waals surface area (Å²) in [6, 6.07) is 29.0. The predicted octanol–water partition coefficient (Wildman–Crippen LogP) is 5.98. The lowest BCUT2D eigenvalue weighted by Gasteiger charge is -2.08. The highest BCUT2D eigenvalue weighted by Gasteiger charge is 2.24. The molecule has 4 aromatic carbocycles. The summed E-state index contributed by atoms with van der Waals surface area (Å²) in [6.07, 6.45) is 0. The number of aryl methyl sites for hydroxylation is 1. The van der Waals surface area contributed by atoms with Crippen LogP contribution < -0.4 is 0 Å². The highest BCUT2D eigenvalue weighted by Crippen LogP contribution is 2.38. The maximum absolute atomic E-state index is 9.52. The average molecular weight is 436 g/mol. The zero-order chi connectivity index (χ0) is 22.6. The molecule has 0 saturated heterocycles. The average Bonchev–Trinajstić information content (AvgIpc) is 3.58. The minimum absolute atomic E-state index is 0.654. The molecule has 0 aliphatic heterocycles. The normalized spacial score (nSPS) is 12.2. The van der Waals surface area contributed by atoms with Crippen LogP contribution in [-0.4, -0.2) is 23.2 Å². The molecule has 6 heteroatoms. The summed E-state index contributed by atoms with van der Waals surface area (Å²) in [6.45, 7) is 2.09. The lowest BCUT2D eigenvalue weighted by atomic mass is 9.97. The first kappa shape index (κ1) is 17.6. The third-order valence-electron chi connectivity index (χ3n) is 6.94. The smallest absolute Gasteiger partial charge is 0.223 e. The number of hydrogen-bond acceptors (Lipinski definition) is 3. The Labute approximate surface area is 192 Å². The SMILES string of the molecule is Cc1ccc(C#N)cc1-c1cc2c3c(c1)n1c4ccccc4nc1n3c1nc3ccccc3n21. The molecule has 0 aliphatic rings. The van der Waals surface area contributed by atoms with Crippen molar-refractivity contribution in [1.82, 2.24) is 23.2 Å². The fraction of sp³-hybridized carbons (Fsp3) is 0.0357. The molecule has 34 heavy (non-hydrogen) atoms. The summed E-state index contributed by atoms with van der Waals surface area (Å²) in [5, 5.41) is 9.52. The molecular weight excluding hydrogens is 420 g/mol. The highest BCUT2D eigenvalue weighted by atomic mass is 15.3. The summed E-state index contributed by atoms with van der Waals surface area (Å²) in [5.74, 6) is 1.71. The Kier molecular flexibility index (Phi) is 3.07. The van der Waals surface area contributed by atoms with E-state index >= 15 is 0 Å². The number of hydrogen-bond donors (Lipinski definition) is 0. The fourth-order valence-electron chi connectivity index (χ4n) is 5.42. The van der Waals surface area contributed by atoms with Gasteiger partial charge >= 0.3 is 0 Å². The van der Waals surface area contributed by atoms with Crippen LogP contribution in [0.4, 0.5) is 0 Å². The van der Waals surface area contributed by atoms with Crippen molar-refractivity contribution in [2.45, 2.75) is 6.92 Å². The third-order valence-corrected chi connectivity index (χ3v) is 6.94. The van der Waals surface area contributed by atoms with Gasteiger partial charge in [0.15, 0.2) is 0 Å². The number of rotatable bonds is 1. The van der Waals surface area contributed by atoms with E-state index in [1.165, 1.54) is 0 Å². The minimum Gasteiger partial charge on any atom is -0.276 e. The van der Waals surface area contributed by atoms with Crippen LogP contribution in [0.2, 0.25) is 0 Å². The topological polar surface area (TPSA) is 62.8 Å². The van der Waals surface area contributed by atoms with E-state index in [9.17, 15) is 5.26 Å². The Morgan fingerprint density at radius 2 is 1.26 bits per heavy atom. The molecule has 0 unspecified atom stereocenters. The van der Waals surface area contributed by atoms with Crippen molar-refractivity contribution in [1.29, 1.82) is 5.26 Å². The van der Waals surface area contributed by atoms with Gasteiger partial charge in [0, 0.05) is 0 Å². The molecule has 0 saturated carbocycles. The largest absolute Gasteiger partial charge is 0.276 e. The van der Waals surface area contributed by atoms with Crippen molar-refractivity contribution >= 4 is 50.2 Å². The second-order valence-electron chi connectivity index (χ2n) is 8.81. The van der Waals surface area contributed by atoms with Gasteiger partial charge in [-0.2, -0.15) is 5.26 Å². The van der Waals surface area contributed by atoms with Crippen LogP contribution in [0.3, 0.4) is 0 Å². The van der Waals surface area contributed by atoms with Gasteiger partial charge in [-0.25, -0.2) is 14.4 Å². The Balaban J connectivity index is 1.66. The molecule has 0 radical (unpaired) electrons. The molecule has 4 aromatic heterocycles. The van der Waals surface area contributed by atoms with E-state index in [0.29, 0.717) is 5.56 Å². The maximum atomic E-state index is 9.52. The lowest BCUT2D eigenvalue weighted by molar-refractivity contribution is 1.15.